The second-order valence-corrected chi connectivity index (χ2v) is 4.72. The van der Waals surface area contributed by atoms with Crippen molar-refractivity contribution in [2.75, 3.05) is 31.1 Å². The highest BCUT2D eigenvalue weighted by molar-refractivity contribution is 5.92. The summed E-state index contributed by atoms with van der Waals surface area (Å²) in [7, 11) is 0. The molecule has 104 valence electrons. The number of hydrogen-bond acceptors (Lipinski definition) is 5. The Bertz CT molecular complexity index is 400. The fraction of sp³-hybridized carbons (Fsp3) is 0.615. The van der Waals surface area contributed by atoms with E-state index >= 15 is 0 Å². The van der Waals surface area contributed by atoms with E-state index in [9.17, 15) is 4.79 Å². The Kier molecular flexibility index (Phi) is 5.09. The van der Waals surface area contributed by atoms with Gasteiger partial charge in [0.05, 0.1) is 0 Å². The fourth-order valence-electron chi connectivity index (χ4n) is 2.12. The first-order valence-electron chi connectivity index (χ1n) is 6.88. The molecular formula is C13H21N5O. The van der Waals surface area contributed by atoms with Gasteiger partial charge in [-0.1, -0.05) is 0 Å². The van der Waals surface area contributed by atoms with Crippen LogP contribution in [0.2, 0.25) is 0 Å². The van der Waals surface area contributed by atoms with Crippen LogP contribution in [0.3, 0.4) is 0 Å². The summed E-state index contributed by atoms with van der Waals surface area (Å²) < 4.78 is 0. The van der Waals surface area contributed by atoms with E-state index in [0.29, 0.717) is 18.8 Å². The number of unbranched alkanes of at least 4 members (excludes halogenated alkanes) is 1. The van der Waals surface area contributed by atoms with Crippen LogP contribution in [0.1, 0.15) is 36.2 Å². The molecule has 0 aromatic carbocycles. The Morgan fingerprint density at radius 2 is 2.05 bits per heavy atom. The molecule has 6 heteroatoms. The fourth-order valence-corrected chi connectivity index (χ4v) is 2.12. The van der Waals surface area contributed by atoms with Crippen LogP contribution in [0.25, 0.3) is 0 Å². The van der Waals surface area contributed by atoms with Gasteiger partial charge in [0, 0.05) is 19.6 Å². The number of carbonyl (C=O) groups is 1. The summed E-state index contributed by atoms with van der Waals surface area (Å²) in [5.74, 6) is 0.690. The average molecular weight is 263 g/mol. The number of carbonyl (C=O) groups excluding carboxylic acids is 1. The van der Waals surface area contributed by atoms with Crippen molar-refractivity contribution in [3.63, 3.8) is 0 Å². The second-order valence-electron chi connectivity index (χ2n) is 4.72. The van der Waals surface area contributed by atoms with Crippen LogP contribution in [0.5, 0.6) is 0 Å². The molecule has 0 spiro atoms. The molecule has 2 rings (SSSR count). The van der Waals surface area contributed by atoms with Crippen molar-refractivity contribution < 1.29 is 4.79 Å². The number of hydrogen-bond donors (Lipinski definition) is 2. The van der Waals surface area contributed by atoms with Crippen molar-refractivity contribution in [3.05, 3.63) is 17.8 Å². The van der Waals surface area contributed by atoms with Crippen LogP contribution in [-0.2, 0) is 0 Å². The van der Waals surface area contributed by atoms with Gasteiger partial charge in [-0.25, -0.2) is 0 Å². The largest absolute Gasteiger partial charge is 0.355 e. The van der Waals surface area contributed by atoms with Gasteiger partial charge in [0.1, 0.15) is 0 Å². The van der Waals surface area contributed by atoms with Crippen LogP contribution in [-0.4, -0.2) is 42.3 Å². The molecule has 0 radical (unpaired) electrons. The van der Waals surface area contributed by atoms with Gasteiger partial charge in [-0.2, -0.15) is 0 Å². The van der Waals surface area contributed by atoms with Crippen LogP contribution in [0.4, 0.5) is 5.82 Å². The van der Waals surface area contributed by atoms with E-state index in [1.807, 2.05) is 6.07 Å². The highest BCUT2D eigenvalue weighted by Crippen LogP contribution is 2.16. The third-order valence-electron chi connectivity index (χ3n) is 3.23. The Balaban J connectivity index is 1.85. The molecule has 6 nitrogen and oxygen atoms in total. The third kappa shape index (κ3) is 3.89. The summed E-state index contributed by atoms with van der Waals surface area (Å²) in [6, 6.07) is 3.60. The standard InChI is InChI=1S/C13H21N5O/c14-7-1-2-8-15-13(19)11-5-6-12(17-16-11)18-9-3-4-10-18/h5-6H,1-4,7-10,14H2,(H,15,19). The molecule has 1 aliphatic rings. The van der Waals surface area contributed by atoms with E-state index in [-0.39, 0.29) is 5.91 Å². The summed E-state index contributed by atoms with van der Waals surface area (Å²) in [4.78, 5) is 14.0. The van der Waals surface area contributed by atoms with Crippen LogP contribution in [0, 0.1) is 0 Å². The summed E-state index contributed by atoms with van der Waals surface area (Å²) in [5.41, 5.74) is 5.76. The van der Waals surface area contributed by atoms with Crippen molar-refractivity contribution in [2.45, 2.75) is 25.7 Å². The molecule has 1 fully saturated rings. The minimum absolute atomic E-state index is 0.169. The number of aromatic nitrogens is 2. The predicted molar refractivity (Wildman–Crippen MR) is 74.1 cm³/mol. The van der Waals surface area contributed by atoms with Crippen molar-refractivity contribution >= 4 is 11.7 Å². The minimum Gasteiger partial charge on any atom is -0.355 e. The van der Waals surface area contributed by atoms with E-state index in [2.05, 4.69) is 20.4 Å². The van der Waals surface area contributed by atoms with Crippen LogP contribution in [0.15, 0.2) is 12.1 Å². The van der Waals surface area contributed by atoms with Gasteiger partial charge < -0.3 is 16.0 Å². The minimum atomic E-state index is -0.169. The highest BCUT2D eigenvalue weighted by atomic mass is 16.1. The third-order valence-corrected chi connectivity index (χ3v) is 3.23. The maximum atomic E-state index is 11.8. The molecule has 0 saturated carbocycles. The first kappa shape index (κ1) is 13.7. The monoisotopic (exact) mass is 263 g/mol. The predicted octanol–water partition coefficient (Wildman–Crippen LogP) is 0.546. The molecule has 1 amide bonds. The Morgan fingerprint density at radius 3 is 2.68 bits per heavy atom. The molecule has 0 unspecified atom stereocenters. The highest BCUT2D eigenvalue weighted by Gasteiger charge is 2.15. The van der Waals surface area contributed by atoms with Crippen LogP contribution < -0.4 is 16.0 Å². The number of nitrogens with two attached hydrogens (primary N) is 1. The maximum absolute atomic E-state index is 11.8. The molecule has 1 saturated heterocycles. The zero-order valence-electron chi connectivity index (χ0n) is 11.1. The lowest BCUT2D eigenvalue weighted by Gasteiger charge is -2.15. The van der Waals surface area contributed by atoms with Crippen molar-refractivity contribution in [2.24, 2.45) is 5.73 Å². The van der Waals surface area contributed by atoms with E-state index in [1.54, 1.807) is 6.07 Å². The lowest BCUT2D eigenvalue weighted by atomic mass is 10.3. The molecule has 0 atom stereocenters. The summed E-state index contributed by atoms with van der Waals surface area (Å²) >= 11 is 0. The van der Waals surface area contributed by atoms with Gasteiger partial charge >= 0.3 is 0 Å². The first-order valence-corrected chi connectivity index (χ1v) is 6.88. The normalized spacial score (nSPS) is 14.7. The van der Waals surface area contributed by atoms with E-state index in [1.165, 1.54) is 12.8 Å². The van der Waals surface area contributed by atoms with Gasteiger partial charge in [-0.3, -0.25) is 4.79 Å². The molecule has 0 bridgehead atoms. The summed E-state index contributed by atoms with van der Waals surface area (Å²) in [5, 5.41) is 10.9. The first-order chi connectivity index (χ1) is 9.31. The van der Waals surface area contributed by atoms with Gasteiger partial charge in [0.25, 0.3) is 5.91 Å². The maximum Gasteiger partial charge on any atom is 0.271 e. The molecule has 3 N–H and O–H groups in total. The molecular weight excluding hydrogens is 242 g/mol. The second kappa shape index (κ2) is 7.04. The number of nitrogens with one attached hydrogen (secondary N) is 1. The van der Waals surface area contributed by atoms with E-state index < -0.39 is 0 Å². The molecule has 19 heavy (non-hydrogen) atoms. The zero-order valence-corrected chi connectivity index (χ0v) is 11.1. The summed E-state index contributed by atoms with van der Waals surface area (Å²) in [6.07, 6.45) is 4.21. The quantitative estimate of drug-likeness (QED) is 0.732. The number of amides is 1. The van der Waals surface area contributed by atoms with E-state index in [4.69, 9.17) is 5.73 Å². The Morgan fingerprint density at radius 1 is 1.26 bits per heavy atom. The lowest BCUT2D eigenvalue weighted by molar-refractivity contribution is 0.0947. The molecule has 1 aliphatic heterocycles. The topological polar surface area (TPSA) is 84.1 Å². The Labute approximate surface area is 113 Å². The van der Waals surface area contributed by atoms with E-state index in [0.717, 1.165) is 31.7 Å². The number of nitrogens with zero attached hydrogens (tertiary/aromatic N) is 3. The van der Waals surface area contributed by atoms with Crippen molar-refractivity contribution in [1.29, 1.82) is 0 Å². The molecule has 1 aromatic rings. The van der Waals surface area contributed by atoms with Gasteiger partial charge in [-0.05, 0) is 44.4 Å². The van der Waals surface area contributed by atoms with Gasteiger partial charge in [-0.15, -0.1) is 10.2 Å². The zero-order chi connectivity index (χ0) is 13.5. The molecule has 0 aliphatic carbocycles. The molecule has 2 heterocycles. The average Bonchev–Trinajstić information content (AvgIpc) is 2.98. The van der Waals surface area contributed by atoms with Crippen molar-refractivity contribution in [1.82, 2.24) is 15.5 Å². The van der Waals surface area contributed by atoms with Gasteiger partial charge in [0.15, 0.2) is 11.5 Å². The molecule has 1 aromatic heterocycles. The number of rotatable bonds is 6. The van der Waals surface area contributed by atoms with Crippen molar-refractivity contribution in [3.8, 4) is 0 Å². The smallest absolute Gasteiger partial charge is 0.271 e. The lowest BCUT2D eigenvalue weighted by Crippen LogP contribution is -2.26. The SMILES string of the molecule is NCCCCNC(=O)c1ccc(N2CCCC2)nn1. The number of anilines is 1. The van der Waals surface area contributed by atoms with Crippen LogP contribution >= 0.6 is 0 Å². The summed E-state index contributed by atoms with van der Waals surface area (Å²) in [6.45, 7) is 3.34. The van der Waals surface area contributed by atoms with Gasteiger partial charge in [0.2, 0.25) is 0 Å². The Hall–Kier alpha value is -1.69.